The van der Waals surface area contributed by atoms with Crippen LogP contribution in [0.3, 0.4) is 0 Å². The first-order chi connectivity index (χ1) is 17.4. The molecule has 1 aliphatic heterocycles. The molecule has 3 aromatic rings. The van der Waals surface area contributed by atoms with Crippen molar-refractivity contribution in [1.29, 1.82) is 0 Å². The fourth-order valence-electron chi connectivity index (χ4n) is 4.30. The van der Waals surface area contributed by atoms with Crippen LogP contribution in [-0.2, 0) is 16.0 Å². The van der Waals surface area contributed by atoms with Gasteiger partial charge < -0.3 is 14.7 Å². The smallest absolute Gasteiger partial charge is 0.306 e. The Labute approximate surface area is 215 Å². The molecule has 0 saturated carbocycles. The predicted molar refractivity (Wildman–Crippen MR) is 138 cm³/mol. The van der Waals surface area contributed by atoms with Crippen molar-refractivity contribution in [3.8, 4) is 11.1 Å². The van der Waals surface area contributed by atoms with Gasteiger partial charge in [-0.3, -0.25) is 14.4 Å². The minimum absolute atomic E-state index is 0.0489. The van der Waals surface area contributed by atoms with Gasteiger partial charge in [0.2, 0.25) is 0 Å². The second kappa shape index (κ2) is 12.0. The Balaban J connectivity index is 1.37. The first kappa shape index (κ1) is 25.6. The Morgan fingerprint density at radius 1 is 0.889 bits per heavy atom. The van der Waals surface area contributed by atoms with Gasteiger partial charge in [-0.05, 0) is 53.8 Å². The van der Waals surface area contributed by atoms with E-state index in [0.717, 1.165) is 16.7 Å². The van der Waals surface area contributed by atoms with Gasteiger partial charge in [0.25, 0.3) is 5.91 Å². The molecule has 0 aromatic heterocycles. The quantitative estimate of drug-likeness (QED) is 0.394. The Bertz CT molecular complexity index is 1220. The van der Waals surface area contributed by atoms with E-state index in [1.165, 1.54) is 0 Å². The minimum atomic E-state index is -0.998. The van der Waals surface area contributed by atoms with Crippen molar-refractivity contribution in [2.24, 2.45) is 5.92 Å². The molecule has 6 nitrogen and oxygen atoms in total. The Kier molecular flexibility index (Phi) is 8.52. The number of hydrogen-bond donors (Lipinski definition) is 1. The van der Waals surface area contributed by atoms with Gasteiger partial charge >= 0.3 is 5.97 Å². The van der Waals surface area contributed by atoms with Crippen LogP contribution in [0.4, 0.5) is 0 Å². The highest BCUT2D eigenvalue weighted by Crippen LogP contribution is 2.24. The third-order valence-corrected chi connectivity index (χ3v) is 6.67. The summed E-state index contributed by atoms with van der Waals surface area (Å²) in [6.45, 7) is 2.19. The number of carbonyl (C=O) groups excluding carboxylic acids is 2. The molecule has 1 unspecified atom stereocenters. The lowest BCUT2D eigenvalue weighted by atomic mass is 9.91. The number of benzene rings is 3. The molecule has 1 fully saturated rings. The van der Waals surface area contributed by atoms with E-state index < -0.39 is 11.9 Å². The Hall–Kier alpha value is -3.48. The fraction of sp³-hybridized carbons (Fsp3) is 0.276. The second-order valence-electron chi connectivity index (χ2n) is 8.89. The number of carboxylic acids is 1. The summed E-state index contributed by atoms with van der Waals surface area (Å²) >= 11 is 5.94. The number of ketones is 1. The molecule has 1 atom stereocenters. The lowest BCUT2D eigenvalue weighted by Gasteiger charge is -2.27. The van der Waals surface area contributed by atoms with Gasteiger partial charge in [-0.15, -0.1) is 0 Å². The maximum absolute atomic E-state index is 12.8. The summed E-state index contributed by atoms with van der Waals surface area (Å²) < 4.78 is 5.31. The molecular formula is C29H28ClNO5. The number of morpholine rings is 1. The van der Waals surface area contributed by atoms with Gasteiger partial charge in [-0.1, -0.05) is 60.1 Å². The van der Waals surface area contributed by atoms with Crippen LogP contribution in [0.1, 0.15) is 39.1 Å². The van der Waals surface area contributed by atoms with Crippen molar-refractivity contribution in [2.75, 3.05) is 26.3 Å². The molecule has 1 N–H and O–H groups in total. The number of amides is 1. The first-order valence-corrected chi connectivity index (χ1v) is 12.4. The summed E-state index contributed by atoms with van der Waals surface area (Å²) in [5.74, 6) is -2.07. The lowest BCUT2D eigenvalue weighted by Crippen LogP contribution is -2.40. The molecule has 36 heavy (non-hydrogen) atoms. The van der Waals surface area contributed by atoms with E-state index in [1.807, 2.05) is 54.6 Å². The van der Waals surface area contributed by atoms with E-state index in [4.69, 9.17) is 16.3 Å². The maximum Gasteiger partial charge on any atom is 0.306 e. The fourth-order valence-corrected chi connectivity index (χ4v) is 4.42. The van der Waals surface area contributed by atoms with E-state index in [-0.39, 0.29) is 18.1 Å². The van der Waals surface area contributed by atoms with Crippen LogP contribution in [0, 0.1) is 5.92 Å². The van der Waals surface area contributed by atoms with Crippen molar-refractivity contribution < 1.29 is 24.2 Å². The van der Waals surface area contributed by atoms with Crippen LogP contribution in [0.15, 0.2) is 72.8 Å². The van der Waals surface area contributed by atoms with E-state index >= 15 is 0 Å². The number of carboxylic acid groups (broad SMARTS) is 1. The number of aliphatic carboxylic acids is 1. The molecule has 1 saturated heterocycles. The molecule has 1 amide bonds. The molecule has 0 radical (unpaired) electrons. The van der Waals surface area contributed by atoms with Gasteiger partial charge in [-0.2, -0.15) is 0 Å². The zero-order valence-electron chi connectivity index (χ0n) is 19.9. The molecule has 1 aliphatic rings. The molecule has 3 aromatic carbocycles. The van der Waals surface area contributed by atoms with Crippen molar-refractivity contribution in [2.45, 2.75) is 19.3 Å². The summed E-state index contributed by atoms with van der Waals surface area (Å²) in [4.78, 5) is 39.3. The number of nitrogens with zero attached hydrogens (tertiary/aromatic N) is 1. The third kappa shape index (κ3) is 6.59. The summed E-state index contributed by atoms with van der Waals surface area (Å²) in [6, 6.07) is 21.9. The van der Waals surface area contributed by atoms with Crippen LogP contribution >= 0.6 is 11.6 Å². The van der Waals surface area contributed by atoms with Gasteiger partial charge in [-0.25, -0.2) is 0 Å². The summed E-state index contributed by atoms with van der Waals surface area (Å²) in [5, 5.41) is 10.4. The van der Waals surface area contributed by atoms with Gasteiger partial charge in [0.1, 0.15) is 0 Å². The van der Waals surface area contributed by atoms with Crippen molar-refractivity contribution >= 4 is 29.3 Å². The highest BCUT2D eigenvalue weighted by atomic mass is 35.5. The van der Waals surface area contributed by atoms with Gasteiger partial charge in [0, 0.05) is 35.7 Å². The summed E-state index contributed by atoms with van der Waals surface area (Å²) in [7, 11) is 0. The highest BCUT2D eigenvalue weighted by Gasteiger charge is 2.23. The molecule has 4 rings (SSSR count). The topological polar surface area (TPSA) is 83.9 Å². The van der Waals surface area contributed by atoms with Crippen LogP contribution in [0.5, 0.6) is 0 Å². The average Bonchev–Trinajstić information content (AvgIpc) is 2.91. The number of hydrogen-bond acceptors (Lipinski definition) is 4. The van der Waals surface area contributed by atoms with Crippen molar-refractivity contribution in [3.05, 3.63) is 94.5 Å². The molecule has 0 spiro atoms. The van der Waals surface area contributed by atoms with Gasteiger partial charge in [0.05, 0.1) is 19.1 Å². The second-order valence-corrected chi connectivity index (χ2v) is 9.33. The van der Waals surface area contributed by atoms with Crippen molar-refractivity contribution in [3.63, 3.8) is 0 Å². The predicted octanol–water partition coefficient (Wildman–Crippen LogP) is 5.39. The highest BCUT2D eigenvalue weighted by molar-refractivity contribution is 6.30. The monoisotopic (exact) mass is 505 g/mol. The molecule has 186 valence electrons. The summed E-state index contributed by atoms with van der Waals surface area (Å²) in [6.07, 6.45) is 0.686. The number of halogens is 1. The number of Topliss-reactive ketones (excluding diaryl/α,β-unsaturated/α-hetero) is 1. The SMILES string of the molecule is O=C(CC(CCc1cccc(C(=O)N2CCOCC2)c1)C(=O)O)c1ccc(-c2ccc(Cl)cc2)cc1. The number of aryl methyl sites for hydroxylation is 1. The van der Waals surface area contributed by atoms with Crippen LogP contribution in [0.2, 0.25) is 5.02 Å². The normalized spacial score (nSPS) is 14.3. The largest absolute Gasteiger partial charge is 0.481 e. The molecular weight excluding hydrogens is 478 g/mol. The molecule has 1 heterocycles. The first-order valence-electron chi connectivity index (χ1n) is 12.0. The van der Waals surface area contributed by atoms with E-state index in [2.05, 4.69) is 0 Å². The maximum atomic E-state index is 12.8. The van der Waals surface area contributed by atoms with Crippen molar-refractivity contribution in [1.82, 2.24) is 4.90 Å². The zero-order valence-corrected chi connectivity index (χ0v) is 20.6. The van der Waals surface area contributed by atoms with E-state index in [0.29, 0.717) is 55.3 Å². The third-order valence-electron chi connectivity index (χ3n) is 6.42. The average molecular weight is 506 g/mol. The zero-order chi connectivity index (χ0) is 25.5. The Morgan fingerprint density at radius 2 is 1.53 bits per heavy atom. The molecule has 0 aliphatic carbocycles. The van der Waals surface area contributed by atoms with Gasteiger partial charge in [0.15, 0.2) is 5.78 Å². The van der Waals surface area contributed by atoms with Crippen LogP contribution < -0.4 is 0 Å². The van der Waals surface area contributed by atoms with E-state index in [1.54, 1.807) is 23.1 Å². The van der Waals surface area contributed by atoms with E-state index in [9.17, 15) is 19.5 Å². The van der Waals surface area contributed by atoms with Crippen LogP contribution in [-0.4, -0.2) is 54.0 Å². The minimum Gasteiger partial charge on any atom is -0.481 e. The number of ether oxygens (including phenoxy) is 1. The standard InChI is InChI=1S/C29H28ClNO5/c30-26-12-10-22(11-13-26)21-6-8-23(9-7-21)27(32)19-25(29(34)35)5-4-20-2-1-3-24(18-20)28(33)31-14-16-36-17-15-31/h1-3,6-13,18,25H,4-5,14-17,19H2,(H,34,35). The molecule has 0 bridgehead atoms. The molecule has 7 heteroatoms. The van der Waals surface area contributed by atoms with Crippen LogP contribution in [0.25, 0.3) is 11.1 Å². The number of carbonyl (C=O) groups is 3. The Morgan fingerprint density at radius 3 is 2.17 bits per heavy atom. The number of rotatable bonds is 9. The lowest BCUT2D eigenvalue weighted by molar-refractivity contribution is -0.141. The summed E-state index contributed by atoms with van der Waals surface area (Å²) in [5.41, 5.74) is 3.87.